The number of nitrogens with one attached hydrogen (secondary N) is 2. The fourth-order valence-corrected chi connectivity index (χ4v) is 8.00. The van der Waals surface area contributed by atoms with Crippen LogP contribution in [0.15, 0.2) is 28.3 Å². The molecule has 178 valence electrons. The van der Waals surface area contributed by atoms with Crippen LogP contribution in [0.3, 0.4) is 0 Å². The number of hydrogen-bond acceptors (Lipinski definition) is 3. The van der Waals surface area contributed by atoms with Gasteiger partial charge in [-0.25, -0.2) is 9.18 Å². The Morgan fingerprint density at radius 3 is 2.42 bits per heavy atom. The van der Waals surface area contributed by atoms with E-state index in [0.717, 1.165) is 30.4 Å². The van der Waals surface area contributed by atoms with Crippen LogP contribution in [-0.2, 0) is 4.79 Å². The molecule has 3 amide bonds. The van der Waals surface area contributed by atoms with E-state index >= 15 is 0 Å². The first-order valence-corrected chi connectivity index (χ1v) is 15.3. The first kappa shape index (κ1) is 23.9. The number of hydrogen-bond donors (Lipinski definition) is 2. The van der Waals surface area contributed by atoms with E-state index in [1.807, 2.05) is 13.8 Å². The lowest BCUT2D eigenvalue weighted by Gasteiger charge is -2.49. The first-order chi connectivity index (χ1) is 15.3. The summed E-state index contributed by atoms with van der Waals surface area (Å²) >= 11 is 6.15. The summed E-state index contributed by atoms with van der Waals surface area (Å²) in [5.74, 6) is 0.0948. The summed E-state index contributed by atoms with van der Waals surface area (Å²) < 4.78 is 14.6. The van der Waals surface area contributed by atoms with Crippen LogP contribution in [0.5, 0.6) is 0 Å². The van der Waals surface area contributed by atoms with E-state index < -0.39 is 25.5 Å². The molecule has 0 aromatic heterocycles. The number of nitrogens with zero attached hydrogens (tertiary/aromatic N) is 2. The van der Waals surface area contributed by atoms with E-state index in [4.69, 9.17) is 11.6 Å². The number of carbonyl (C=O) groups excluding carboxylic acids is 2. The maximum Gasteiger partial charge on any atom is 0.322 e. The Hall–Kier alpha value is -2.19. The number of carbonyl (C=O) groups is 2. The first-order valence-electron chi connectivity index (χ1n) is 11.4. The van der Waals surface area contributed by atoms with Gasteiger partial charge in [0.15, 0.2) is 5.82 Å². The minimum atomic E-state index is -1.72. The monoisotopic (exact) mass is 490 g/mol. The largest absolute Gasteiger partial charge is 0.322 e. The summed E-state index contributed by atoms with van der Waals surface area (Å²) in [6.07, 6.45) is 2.93. The van der Waals surface area contributed by atoms with Crippen molar-refractivity contribution in [1.29, 1.82) is 0 Å². The Bertz CT molecular complexity index is 1100. The Balaban J connectivity index is 1.53. The second-order valence-electron chi connectivity index (χ2n) is 10.9. The summed E-state index contributed by atoms with van der Waals surface area (Å²) in [5, 5.41) is 5.66. The topological polar surface area (TPSA) is 73.8 Å². The maximum absolute atomic E-state index is 14.6. The number of anilines is 1. The Morgan fingerprint density at radius 1 is 1.18 bits per heavy atom. The maximum atomic E-state index is 14.6. The molecule has 4 rings (SSSR count). The molecule has 0 unspecified atom stereocenters. The van der Waals surface area contributed by atoms with Gasteiger partial charge in [-0.3, -0.25) is 9.79 Å². The zero-order valence-corrected chi connectivity index (χ0v) is 21.9. The van der Waals surface area contributed by atoms with Crippen LogP contribution >= 0.6 is 11.6 Å². The summed E-state index contributed by atoms with van der Waals surface area (Å²) in [6, 6.07) is 2.70. The SMILES string of the molecule is Cc1ccc(Cl)c(NC(=O)N2CC3=C(CN=C3NC(=O)C3([Si](C)(C)C)CCC3)C2(C)C)c1F. The van der Waals surface area contributed by atoms with Gasteiger partial charge in [-0.1, -0.05) is 43.7 Å². The van der Waals surface area contributed by atoms with Crippen LogP contribution in [0.2, 0.25) is 29.7 Å². The highest BCUT2D eigenvalue weighted by Crippen LogP contribution is 2.55. The van der Waals surface area contributed by atoms with Crippen LogP contribution in [-0.4, -0.2) is 49.4 Å². The number of benzene rings is 1. The van der Waals surface area contributed by atoms with E-state index in [2.05, 4.69) is 35.3 Å². The van der Waals surface area contributed by atoms with Crippen LogP contribution < -0.4 is 10.6 Å². The molecular weight excluding hydrogens is 459 g/mol. The molecule has 1 aromatic carbocycles. The number of aliphatic imine (C=N–C) groups is 1. The normalized spacial score (nSPS) is 20.8. The van der Waals surface area contributed by atoms with Gasteiger partial charge >= 0.3 is 6.03 Å². The van der Waals surface area contributed by atoms with Crippen LogP contribution in [0, 0.1) is 12.7 Å². The molecule has 3 aliphatic rings. The van der Waals surface area contributed by atoms with Crippen LogP contribution in [0.25, 0.3) is 0 Å². The van der Waals surface area contributed by atoms with E-state index in [-0.39, 0.29) is 28.2 Å². The third kappa shape index (κ3) is 3.71. The third-order valence-corrected chi connectivity index (χ3v) is 11.8. The molecule has 2 heterocycles. The van der Waals surface area contributed by atoms with Crippen molar-refractivity contribution in [2.24, 2.45) is 4.99 Å². The van der Waals surface area contributed by atoms with Crippen LogP contribution in [0.4, 0.5) is 14.9 Å². The fourth-order valence-electron chi connectivity index (χ4n) is 5.21. The van der Waals surface area contributed by atoms with Gasteiger partial charge in [0.25, 0.3) is 0 Å². The van der Waals surface area contributed by atoms with Crippen molar-refractivity contribution in [3.8, 4) is 0 Å². The second-order valence-corrected chi connectivity index (χ2v) is 16.8. The number of amides is 3. The van der Waals surface area contributed by atoms with E-state index in [0.29, 0.717) is 17.9 Å². The molecule has 0 bridgehead atoms. The summed E-state index contributed by atoms with van der Waals surface area (Å²) in [4.78, 5) is 32.8. The summed E-state index contributed by atoms with van der Waals surface area (Å²) in [5.41, 5.74) is 1.63. The van der Waals surface area contributed by atoms with E-state index in [1.165, 1.54) is 0 Å². The molecule has 0 spiro atoms. The number of urea groups is 1. The predicted octanol–water partition coefficient (Wildman–Crippen LogP) is 5.50. The molecule has 1 saturated carbocycles. The third-order valence-electron chi connectivity index (χ3n) is 7.85. The van der Waals surface area contributed by atoms with Crippen molar-refractivity contribution < 1.29 is 14.0 Å². The van der Waals surface area contributed by atoms with Gasteiger partial charge in [-0.15, -0.1) is 0 Å². The van der Waals surface area contributed by atoms with Gasteiger partial charge < -0.3 is 15.5 Å². The van der Waals surface area contributed by atoms with Crippen molar-refractivity contribution >= 4 is 43.1 Å². The smallest absolute Gasteiger partial charge is 0.311 e. The van der Waals surface area contributed by atoms with Crippen molar-refractivity contribution in [2.75, 3.05) is 18.4 Å². The zero-order chi connectivity index (χ0) is 24.3. The van der Waals surface area contributed by atoms with Crippen molar-refractivity contribution in [3.63, 3.8) is 0 Å². The fraction of sp³-hybridized carbons (Fsp3) is 0.542. The zero-order valence-electron chi connectivity index (χ0n) is 20.2. The quantitative estimate of drug-likeness (QED) is 0.549. The average molecular weight is 491 g/mol. The molecule has 1 fully saturated rings. The average Bonchev–Trinajstić information content (AvgIpc) is 3.18. The van der Waals surface area contributed by atoms with E-state index in [9.17, 15) is 14.0 Å². The van der Waals surface area contributed by atoms with Gasteiger partial charge in [-0.2, -0.15) is 0 Å². The Labute approximate surface area is 200 Å². The summed E-state index contributed by atoms with van der Waals surface area (Å²) in [6.45, 7) is 13.0. The Kier molecular flexibility index (Phi) is 5.76. The van der Waals surface area contributed by atoms with Crippen molar-refractivity contribution in [2.45, 2.75) is 70.3 Å². The van der Waals surface area contributed by atoms with Gasteiger partial charge in [0, 0.05) is 10.6 Å². The lowest BCUT2D eigenvalue weighted by atomic mass is 9.83. The van der Waals surface area contributed by atoms with E-state index in [1.54, 1.807) is 24.0 Å². The standard InChI is InChI=1S/C24H32ClFN4O2Si/c1-14-8-9-17(25)19(18(14)26)28-22(32)30-13-15-16(23(30,2)3)12-27-20(15)29-21(31)24(10-7-11-24)33(4,5)6/h8-9H,7,10-13H2,1-6H3,(H,28,32)(H,27,29,31). The lowest BCUT2D eigenvalue weighted by Crippen LogP contribution is -2.55. The number of amidine groups is 1. The Morgan fingerprint density at radius 2 is 1.85 bits per heavy atom. The predicted molar refractivity (Wildman–Crippen MR) is 133 cm³/mol. The van der Waals surface area contributed by atoms with Crippen molar-refractivity contribution in [3.05, 3.63) is 39.7 Å². The molecule has 0 radical (unpaired) electrons. The molecule has 0 atom stereocenters. The minimum absolute atomic E-state index is 0.0196. The molecule has 33 heavy (non-hydrogen) atoms. The molecule has 1 aliphatic carbocycles. The van der Waals surface area contributed by atoms with Crippen molar-refractivity contribution in [1.82, 2.24) is 10.2 Å². The summed E-state index contributed by atoms with van der Waals surface area (Å²) in [7, 11) is -1.72. The number of halogens is 2. The van der Waals surface area contributed by atoms with Gasteiger partial charge in [0.1, 0.15) is 5.84 Å². The highest BCUT2D eigenvalue weighted by atomic mass is 35.5. The molecule has 1 aromatic rings. The highest BCUT2D eigenvalue weighted by Gasteiger charge is 2.54. The number of aryl methyl sites for hydroxylation is 1. The molecule has 6 nitrogen and oxygen atoms in total. The number of rotatable bonds is 3. The molecular formula is C24H32ClFN4O2Si. The van der Waals surface area contributed by atoms with Crippen LogP contribution in [0.1, 0.15) is 38.7 Å². The van der Waals surface area contributed by atoms with Gasteiger partial charge in [0.2, 0.25) is 5.91 Å². The lowest BCUT2D eigenvalue weighted by molar-refractivity contribution is -0.125. The molecule has 9 heteroatoms. The molecule has 0 saturated heterocycles. The second kappa shape index (κ2) is 7.94. The minimum Gasteiger partial charge on any atom is -0.311 e. The molecule has 2 N–H and O–H groups in total. The van der Waals surface area contributed by atoms with Gasteiger partial charge in [0.05, 0.1) is 37.4 Å². The van der Waals surface area contributed by atoms with Gasteiger partial charge in [-0.05, 0) is 50.8 Å². The molecule has 2 aliphatic heterocycles. The highest BCUT2D eigenvalue weighted by molar-refractivity contribution is 6.82.